The van der Waals surface area contributed by atoms with Gasteiger partial charge in [0, 0.05) is 17.3 Å². The summed E-state index contributed by atoms with van der Waals surface area (Å²) in [5.41, 5.74) is 5.67. The Bertz CT molecular complexity index is 350. The Labute approximate surface area is 107 Å². The summed E-state index contributed by atoms with van der Waals surface area (Å²) in [6, 6.07) is 6.97. The highest BCUT2D eigenvalue weighted by atomic mass is 35.5. The van der Waals surface area contributed by atoms with Gasteiger partial charge in [-0.2, -0.15) is 0 Å². The minimum Gasteiger partial charge on any atom is -0.329 e. The molecular weight excluding hydrogens is 247 g/mol. The Kier molecular flexibility index (Phi) is 5.79. The van der Waals surface area contributed by atoms with Crippen LogP contribution < -0.4 is 11.1 Å². The molecule has 1 aromatic carbocycles. The maximum atomic E-state index is 11.7. The minimum absolute atomic E-state index is 0. The monoisotopic (exact) mass is 262 g/mol. The van der Waals surface area contributed by atoms with E-state index in [1.807, 2.05) is 0 Å². The second-order valence-corrected chi connectivity index (χ2v) is 4.49. The number of hydrogen-bond donors (Lipinski definition) is 2. The summed E-state index contributed by atoms with van der Waals surface area (Å²) in [5.74, 6) is -0.0904. The molecule has 5 heteroatoms. The molecule has 3 N–H and O–H groups in total. The number of carbonyl (C=O) groups excluding carboxylic acids is 1. The Morgan fingerprint density at radius 2 is 1.88 bits per heavy atom. The van der Waals surface area contributed by atoms with E-state index < -0.39 is 5.41 Å². The quantitative estimate of drug-likeness (QED) is 0.880. The number of amides is 1. The van der Waals surface area contributed by atoms with Crippen LogP contribution in [-0.4, -0.2) is 12.5 Å². The van der Waals surface area contributed by atoms with Crippen LogP contribution in [0.2, 0.25) is 5.02 Å². The average Bonchev–Trinajstić information content (AvgIpc) is 2.21. The molecule has 0 aliphatic rings. The summed E-state index contributed by atoms with van der Waals surface area (Å²) in [4.78, 5) is 11.7. The van der Waals surface area contributed by atoms with Crippen LogP contribution in [0.4, 0.5) is 5.69 Å². The fraction of sp³-hybridized carbons (Fsp3) is 0.364. The Balaban J connectivity index is 0.00000225. The van der Waals surface area contributed by atoms with Crippen LogP contribution in [0.5, 0.6) is 0 Å². The van der Waals surface area contributed by atoms with Crippen LogP contribution >= 0.6 is 24.0 Å². The normalized spacial score (nSPS) is 10.5. The maximum Gasteiger partial charge on any atom is 0.231 e. The number of benzene rings is 1. The van der Waals surface area contributed by atoms with Crippen molar-refractivity contribution in [2.45, 2.75) is 13.8 Å². The van der Waals surface area contributed by atoms with Gasteiger partial charge in [-0.15, -0.1) is 12.4 Å². The molecule has 90 valence electrons. The highest BCUT2D eigenvalue weighted by Gasteiger charge is 2.25. The molecule has 1 rings (SSSR count). The Hall–Kier alpha value is -0.770. The lowest BCUT2D eigenvalue weighted by Crippen LogP contribution is -2.37. The van der Waals surface area contributed by atoms with Gasteiger partial charge in [-0.05, 0) is 38.1 Å². The number of halogens is 2. The summed E-state index contributed by atoms with van der Waals surface area (Å²) in [6.45, 7) is 3.92. The van der Waals surface area contributed by atoms with E-state index in [0.29, 0.717) is 11.6 Å². The molecule has 0 fully saturated rings. The highest BCUT2D eigenvalue weighted by Crippen LogP contribution is 2.18. The van der Waals surface area contributed by atoms with Gasteiger partial charge in [0.05, 0.1) is 5.41 Å². The largest absolute Gasteiger partial charge is 0.329 e. The molecule has 16 heavy (non-hydrogen) atoms. The molecular formula is C11H16Cl2N2O. The predicted octanol–water partition coefficient (Wildman–Crippen LogP) is 2.69. The van der Waals surface area contributed by atoms with Crippen LogP contribution in [0.15, 0.2) is 24.3 Å². The van der Waals surface area contributed by atoms with E-state index in [2.05, 4.69) is 5.32 Å². The van der Waals surface area contributed by atoms with Crippen molar-refractivity contribution in [2.24, 2.45) is 11.1 Å². The molecule has 0 unspecified atom stereocenters. The van der Waals surface area contributed by atoms with E-state index in [1.165, 1.54) is 0 Å². The lowest BCUT2D eigenvalue weighted by atomic mass is 9.92. The second kappa shape index (κ2) is 6.09. The fourth-order valence-corrected chi connectivity index (χ4v) is 1.05. The number of anilines is 1. The molecule has 0 atom stereocenters. The van der Waals surface area contributed by atoms with Crippen molar-refractivity contribution in [3.05, 3.63) is 29.3 Å². The van der Waals surface area contributed by atoms with E-state index in [4.69, 9.17) is 17.3 Å². The standard InChI is InChI=1S/C11H15ClN2O.ClH/c1-11(2,7-13)10(15)14-9-5-3-8(12)4-6-9;/h3-6H,7,13H2,1-2H3,(H,14,15);1H. The average molecular weight is 263 g/mol. The zero-order valence-corrected chi connectivity index (χ0v) is 10.9. The van der Waals surface area contributed by atoms with Crippen LogP contribution in [0.25, 0.3) is 0 Å². The molecule has 0 saturated heterocycles. The smallest absolute Gasteiger partial charge is 0.231 e. The van der Waals surface area contributed by atoms with E-state index in [9.17, 15) is 4.79 Å². The summed E-state index contributed by atoms with van der Waals surface area (Å²) in [7, 11) is 0. The maximum absolute atomic E-state index is 11.7. The molecule has 0 aromatic heterocycles. The second-order valence-electron chi connectivity index (χ2n) is 4.05. The van der Waals surface area contributed by atoms with Crippen molar-refractivity contribution in [1.29, 1.82) is 0 Å². The molecule has 0 spiro atoms. The van der Waals surface area contributed by atoms with Gasteiger partial charge in [-0.3, -0.25) is 4.79 Å². The van der Waals surface area contributed by atoms with Gasteiger partial charge < -0.3 is 11.1 Å². The third-order valence-corrected chi connectivity index (χ3v) is 2.48. The van der Waals surface area contributed by atoms with Gasteiger partial charge in [0.25, 0.3) is 0 Å². The SMILES string of the molecule is CC(C)(CN)C(=O)Nc1ccc(Cl)cc1.Cl. The molecule has 0 aliphatic heterocycles. The van der Waals surface area contributed by atoms with Crippen LogP contribution in [-0.2, 0) is 4.79 Å². The number of hydrogen-bond acceptors (Lipinski definition) is 2. The summed E-state index contributed by atoms with van der Waals surface area (Å²) in [6.07, 6.45) is 0. The zero-order chi connectivity index (χ0) is 11.5. The molecule has 0 heterocycles. The van der Waals surface area contributed by atoms with Crippen molar-refractivity contribution < 1.29 is 4.79 Å². The van der Waals surface area contributed by atoms with Gasteiger partial charge >= 0.3 is 0 Å². The van der Waals surface area contributed by atoms with E-state index >= 15 is 0 Å². The topological polar surface area (TPSA) is 55.1 Å². The van der Waals surface area contributed by atoms with Gasteiger partial charge in [0.15, 0.2) is 0 Å². The molecule has 1 amide bonds. The first kappa shape index (κ1) is 15.2. The first-order chi connectivity index (χ1) is 6.95. The van der Waals surface area contributed by atoms with Crippen molar-refractivity contribution in [3.63, 3.8) is 0 Å². The number of carbonyl (C=O) groups is 1. The third-order valence-electron chi connectivity index (χ3n) is 2.23. The molecule has 1 aromatic rings. The minimum atomic E-state index is -0.556. The molecule has 0 aliphatic carbocycles. The zero-order valence-electron chi connectivity index (χ0n) is 9.29. The van der Waals surface area contributed by atoms with Crippen molar-refractivity contribution in [3.8, 4) is 0 Å². The van der Waals surface area contributed by atoms with Gasteiger partial charge in [0.2, 0.25) is 5.91 Å². The number of nitrogens with one attached hydrogen (secondary N) is 1. The molecule has 0 bridgehead atoms. The van der Waals surface area contributed by atoms with Crippen LogP contribution in [0, 0.1) is 5.41 Å². The first-order valence-electron chi connectivity index (χ1n) is 4.73. The van der Waals surface area contributed by atoms with Crippen molar-refractivity contribution >= 4 is 35.6 Å². The molecule has 0 radical (unpaired) electrons. The Morgan fingerprint density at radius 1 is 1.38 bits per heavy atom. The number of nitrogens with two attached hydrogens (primary N) is 1. The van der Waals surface area contributed by atoms with Crippen molar-refractivity contribution in [2.75, 3.05) is 11.9 Å². The predicted molar refractivity (Wildman–Crippen MR) is 70.2 cm³/mol. The van der Waals surface area contributed by atoms with Crippen molar-refractivity contribution in [1.82, 2.24) is 0 Å². The molecule has 0 saturated carbocycles. The van der Waals surface area contributed by atoms with Crippen LogP contribution in [0.1, 0.15) is 13.8 Å². The summed E-state index contributed by atoms with van der Waals surface area (Å²) in [5, 5.41) is 3.43. The third kappa shape index (κ3) is 4.00. The fourth-order valence-electron chi connectivity index (χ4n) is 0.926. The lowest BCUT2D eigenvalue weighted by Gasteiger charge is -2.21. The summed E-state index contributed by atoms with van der Waals surface area (Å²) >= 11 is 5.73. The molecule has 3 nitrogen and oxygen atoms in total. The van der Waals surface area contributed by atoms with E-state index in [-0.39, 0.29) is 18.3 Å². The number of rotatable bonds is 3. The Morgan fingerprint density at radius 3 is 2.31 bits per heavy atom. The summed E-state index contributed by atoms with van der Waals surface area (Å²) < 4.78 is 0. The van der Waals surface area contributed by atoms with Gasteiger partial charge in [0.1, 0.15) is 0 Å². The van der Waals surface area contributed by atoms with E-state index in [1.54, 1.807) is 38.1 Å². The highest BCUT2D eigenvalue weighted by molar-refractivity contribution is 6.30. The lowest BCUT2D eigenvalue weighted by molar-refractivity contribution is -0.123. The first-order valence-corrected chi connectivity index (χ1v) is 5.10. The van der Waals surface area contributed by atoms with Gasteiger partial charge in [-0.25, -0.2) is 0 Å². The van der Waals surface area contributed by atoms with Gasteiger partial charge in [-0.1, -0.05) is 11.6 Å². The van der Waals surface area contributed by atoms with Crippen LogP contribution in [0.3, 0.4) is 0 Å². The van der Waals surface area contributed by atoms with E-state index in [0.717, 1.165) is 5.69 Å².